The summed E-state index contributed by atoms with van der Waals surface area (Å²) in [7, 11) is 0. The van der Waals surface area contributed by atoms with E-state index in [9.17, 15) is 18.4 Å². The molecule has 3 rings (SSSR count). The maximum absolute atomic E-state index is 13.5. The van der Waals surface area contributed by atoms with E-state index in [1.165, 1.54) is 30.3 Å². The number of rotatable bonds is 5. The summed E-state index contributed by atoms with van der Waals surface area (Å²) in [6.45, 7) is 3.51. The number of amides is 2. The van der Waals surface area contributed by atoms with E-state index >= 15 is 0 Å². The Morgan fingerprint density at radius 2 is 1.78 bits per heavy atom. The van der Waals surface area contributed by atoms with Gasteiger partial charge in [-0.05, 0) is 24.3 Å². The van der Waals surface area contributed by atoms with E-state index in [-0.39, 0.29) is 34.1 Å². The lowest BCUT2D eigenvalue weighted by Crippen LogP contribution is -2.32. The molecule has 2 amide bonds. The summed E-state index contributed by atoms with van der Waals surface area (Å²) in [6.07, 6.45) is 1.40. The average Bonchev–Trinajstić information content (AvgIpc) is 2.83. The summed E-state index contributed by atoms with van der Waals surface area (Å²) in [4.78, 5) is 26.5. The lowest BCUT2D eigenvalue weighted by molar-refractivity contribution is -0.136. The molecule has 1 aliphatic rings. The number of hydrogen-bond acceptors (Lipinski definition) is 3. The van der Waals surface area contributed by atoms with Crippen molar-refractivity contribution in [2.75, 3.05) is 11.9 Å². The summed E-state index contributed by atoms with van der Waals surface area (Å²) in [5.74, 6) is -3.34. The number of carbonyl (C=O) groups excluding carboxylic acids is 2. The predicted molar refractivity (Wildman–Crippen MR) is 100 cm³/mol. The van der Waals surface area contributed by atoms with E-state index < -0.39 is 23.4 Å². The Morgan fingerprint density at radius 1 is 1.04 bits per heavy atom. The van der Waals surface area contributed by atoms with Crippen molar-refractivity contribution in [3.05, 3.63) is 82.0 Å². The fraction of sp³-hybridized carbons (Fsp3) is 0.0526. The summed E-state index contributed by atoms with van der Waals surface area (Å²) in [5.41, 5.74) is 0.300. The van der Waals surface area contributed by atoms with Crippen molar-refractivity contribution in [1.82, 2.24) is 4.90 Å². The van der Waals surface area contributed by atoms with Gasteiger partial charge in [-0.15, -0.1) is 6.58 Å². The van der Waals surface area contributed by atoms with E-state index in [2.05, 4.69) is 11.9 Å². The highest BCUT2D eigenvalue weighted by molar-refractivity contribution is 6.41. The molecule has 4 nitrogen and oxygen atoms in total. The molecule has 0 fully saturated rings. The van der Waals surface area contributed by atoms with Crippen LogP contribution >= 0.6 is 23.2 Å². The standard InChI is InChI=1S/C19H12Cl2F2N2O2/c1-2-7-25-18(26)16(12-5-3-10(20)8-13(12)21)17(19(25)27)24-11-4-6-14(22)15(23)9-11/h2-6,8-9,24H,1,7H2. The van der Waals surface area contributed by atoms with Crippen molar-refractivity contribution >= 4 is 46.3 Å². The van der Waals surface area contributed by atoms with Gasteiger partial charge in [-0.25, -0.2) is 8.78 Å². The average molecular weight is 409 g/mol. The highest BCUT2D eigenvalue weighted by Gasteiger charge is 2.39. The number of imide groups is 1. The summed E-state index contributed by atoms with van der Waals surface area (Å²) in [5, 5.41) is 3.23. The maximum Gasteiger partial charge on any atom is 0.278 e. The zero-order valence-corrected chi connectivity index (χ0v) is 15.2. The number of anilines is 1. The first-order chi connectivity index (χ1) is 12.8. The number of nitrogens with zero attached hydrogens (tertiary/aromatic N) is 1. The monoisotopic (exact) mass is 408 g/mol. The Morgan fingerprint density at radius 3 is 2.41 bits per heavy atom. The largest absolute Gasteiger partial charge is 0.350 e. The normalized spacial score (nSPS) is 14.1. The minimum Gasteiger partial charge on any atom is -0.350 e. The van der Waals surface area contributed by atoms with Gasteiger partial charge < -0.3 is 5.32 Å². The van der Waals surface area contributed by atoms with Crippen LogP contribution in [0.25, 0.3) is 5.57 Å². The van der Waals surface area contributed by atoms with Gasteiger partial charge in [-0.1, -0.05) is 35.3 Å². The fourth-order valence-corrected chi connectivity index (χ4v) is 3.15. The molecule has 1 N–H and O–H groups in total. The molecule has 0 bridgehead atoms. The molecular weight excluding hydrogens is 397 g/mol. The van der Waals surface area contributed by atoms with Gasteiger partial charge in [0, 0.05) is 28.9 Å². The molecule has 8 heteroatoms. The number of benzene rings is 2. The van der Waals surface area contributed by atoms with Gasteiger partial charge in [0.2, 0.25) is 0 Å². The molecule has 0 radical (unpaired) electrons. The van der Waals surface area contributed by atoms with Gasteiger partial charge in [0.15, 0.2) is 11.6 Å². The van der Waals surface area contributed by atoms with Crippen molar-refractivity contribution in [2.24, 2.45) is 0 Å². The fourth-order valence-electron chi connectivity index (χ4n) is 2.65. The van der Waals surface area contributed by atoms with E-state index in [0.717, 1.165) is 17.0 Å². The molecule has 0 saturated heterocycles. The van der Waals surface area contributed by atoms with Gasteiger partial charge in [-0.2, -0.15) is 0 Å². The SMILES string of the molecule is C=CCN1C(=O)C(Nc2ccc(F)c(F)c2)=C(c2ccc(Cl)cc2Cl)C1=O. The molecule has 0 spiro atoms. The topological polar surface area (TPSA) is 49.4 Å². The molecule has 0 atom stereocenters. The minimum absolute atomic E-state index is 0.00764. The Balaban J connectivity index is 2.13. The van der Waals surface area contributed by atoms with Crippen LogP contribution in [0.2, 0.25) is 10.0 Å². The lowest BCUT2D eigenvalue weighted by Gasteiger charge is -2.12. The first-order valence-corrected chi connectivity index (χ1v) is 8.48. The molecule has 2 aromatic rings. The van der Waals surface area contributed by atoms with Crippen LogP contribution in [0, 0.1) is 11.6 Å². The summed E-state index contributed by atoms with van der Waals surface area (Å²) >= 11 is 12.1. The van der Waals surface area contributed by atoms with E-state index in [1.54, 1.807) is 0 Å². The van der Waals surface area contributed by atoms with Crippen LogP contribution in [0.15, 0.2) is 54.8 Å². The molecule has 27 heavy (non-hydrogen) atoms. The quantitative estimate of drug-likeness (QED) is 0.578. The van der Waals surface area contributed by atoms with E-state index in [0.29, 0.717) is 5.02 Å². The number of carbonyl (C=O) groups is 2. The molecule has 0 saturated carbocycles. The lowest BCUT2D eigenvalue weighted by atomic mass is 10.0. The van der Waals surface area contributed by atoms with Crippen molar-refractivity contribution in [3.63, 3.8) is 0 Å². The molecule has 0 aliphatic carbocycles. The molecule has 0 unspecified atom stereocenters. The van der Waals surface area contributed by atoms with Crippen LogP contribution in [-0.4, -0.2) is 23.3 Å². The van der Waals surface area contributed by atoms with Crippen molar-refractivity contribution in [3.8, 4) is 0 Å². The second-order valence-electron chi connectivity index (χ2n) is 5.64. The third kappa shape index (κ3) is 3.59. The Labute approximate surface area is 163 Å². The van der Waals surface area contributed by atoms with Gasteiger partial charge >= 0.3 is 0 Å². The zero-order chi connectivity index (χ0) is 19.7. The van der Waals surface area contributed by atoms with Crippen molar-refractivity contribution in [1.29, 1.82) is 0 Å². The summed E-state index contributed by atoms with van der Waals surface area (Å²) < 4.78 is 26.7. The van der Waals surface area contributed by atoms with Crippen LogP contribution in [0.1, 0.15) is 5.56 Å². The van der Waals surface area contributed by atoms with Gasteiger partial charge in [0.1, 0.15) is 5.70 Å². The Hall–Kier alpha value is -2.70. The first kappa shape index (κ1) is 19.1. The van der Waals surface area contributed by atoms with Crippen LogP contribution in [0.5, 0.6) is 0 Å². The smallest absolute Gasteiger partial charge is 0.278 e. The number of nitrogens with one attached hydrogen (secondary N) is 1. The molecule has 1 aliphatic heterocycles. The highest BCUT2D eigenvalue weighted by Crippen LogP contribution is 2.35. The van der Waals surface area contributed by atoms with Crippen LogP contribution in [0.3, 0.4) is 0 Å². The molecule has 2 aromatic carbocycles. The highest BCUT2D eigenvalue weighted by atomic mass is 35.5. The van der Waals surface area contributed by atoms with Gasteiger partial charge in [-0.3, -0.25) is 14.5 Å². The third-order valence-corrected chi connectivity index (χ3v) is 4.42. The van der Waals surface area contributed by atoms with Crippen molar-refractivity contribution < 1.29 is 18.4 Å². The Bertz CT molecular complexity index is 1010. The molecular formula is C19H12Cl2F2N2O2. The first-order valence-electron chi connectivity index (χ1n) is 7.72. The maximum atomic E-state index is 13.5. The Kier molecular flexibility index (Phi) is 5.30. The van der Waals surface area contributed by atoms with Crippen LogP contribution in [-0.2, 0) is 9.59 Å². The molecule has 0 aromatic heterocycles. The minimum atomic E-state index is -1.09. The third-order valence-electron chi connectivity index (χ3n) is 3.87. The second-order valence-corrected chi connectivity index (χ2v) is 6.48. The molecule has 1 heterocycles. The second kappa shape index (κ2) is 7.50. The predicted octanol–water partition coefficient (Wildman–Crippen LogP) is 4.65. The summed E-state index contributed by atoms with van der Waals surface area (Å²) in [6, 6.07) is 7.52. The van der Waals surface area contributed by atoms with Crippen LogP contribution in [0.4, 0.5) is 14.5 Å². The van der Waals surface area contributed by atoms with E-state index in [1.807, 2.05) is 0 Å². The van der Waals surface area contributed by atoms with Gasteiger partial charge in [0.05, 0.1) is 10.6 Å². The number of hydrogen-bond donors (Lipinski definition) is 1. The van der Waals surface area contributed by atoms with E-state index in [4.69, 9.17) is 23.2 Å². The van der Waals surface area contributed by atoms with Gasteiger partial charge in [0.25, 0.3) is 11.8 Å². The van der Waals surface area contributed by atoms with Crippen LogP contribution < -0.4 is 5.32 Å². The molecule has 138 valence electrons. The number of halogens is 4. The van der Waals surface area contributed by atoms with Crippen molar-refractivity contribution in [2.45, 2.75) is 0 Å². The zero-order valence-electron chi connectivity index (χ0n) is 13.7.